The van der Waals surface area contributed by atoms with Crippen LogP contribution in [0.15, 0.2) is 66.7 Å². The van der Waals surface area contributed by atoms with Crippen molar-refractivity contribution < 1.29 is 27.6 Å². The molecule has 6 rings (SSSR count). The summed E-state index contributed by atoms with van der Waals surface area (Å²) in [4.78, 5) is 45.1. The van der Waals surface area contributed by atoms with Crippen LogP contribution in [0.5, 0.6) is 0 Å². The number of anilines is 2. The smallest absolute Gasteiger partial charge is 0.306 e. The molecule has 3 amide bonds. The summed E-state index contributed by atoms with van der Waals surface area (Å²) in [5, 5.41) is 4.11. The van der Waals surface area contributed by atoms with Crippen LogP contribution in [0.2, 0.25) is 10.0 Å². The van der Waals surface area contributed by atoms with E-state index in [4.69, 9.17) is 23.2 Å². The van der Waals surface area contributed by atoms with Gasteiger partial charge in [-0.05, 0) is 60.4 Å². The van der Waals surface area contributed by atoms with Crippen molar-refractivity contribution in [1.82, 2.24) is 5.32 Å². The van der Waals surface area contributed by atoms with Crippen LogP contribution in [0.1, 0.15) is 23.1 Å². The number of nitrogens with one attached hydrogen (secondary N) is 1. The molecule has 2 saturated heterocycles. The minimum absolute atomic E-state index is 0.127. The van der Waals surface area contributed by atoms with E-state index < -0.39 is 52.9 Å². The fourth-order valence-corrected chi connectivity index (χ4v) is 7.30. The number of benzene rings is 3. The number of carbonyl (C=O) groups excluding carboxylic acids is 3. The second-order valence-corrected chi connectivity index (χ2v) is 12.4. The molecule has 42 heavy (non-hydrogen) atoms. The molecule has 0 unspecified atom stereocenters. The molecule has 12 heteroatoms. The normalized spacial score (nSPS) is 25.1. The van der Waals surface area contributed by atoms with E-state index in [1.807, 2.05) is 6.26 Å². The molecule has 3 heterocycles. The zero-order chi connectivity index (χ0) is 30.0. The molecule has 4 atom stereocenters. The SMILES string of the molecule is CSCC[C@H]1N[C@]2(C(=O)N(Cc3ccc(Cl)c(Cl)c3)c3ccccc32)[C@@H]2C(=O)N(c3cccc(C(F)(F)F)c3)C(=O)[C@@H]21. The molecule has 2 fully saturated rings. The summed E-state index contributed by atoms with van der Waals surface area (Å²) < 4.78 is 40.6. The Bertz CT molecular complexity index is 1620. The van der Waals surface area contributed by atoms with Gasteiger partial charge in [-0.25, -0.2) is 4.90 Å². The number of halogens is 5. The van der Waals surface area contributed by atoms with Crippen LogP contribution in [0.4, 0.5) is 24.5 Å². The van der Waals surface area contributed by atoms with Crippen LogP contribution in [0.3, 0.4) is 0 Å². The number of fused-ring (bicyclic) bond motifs is 4. The molecule has 0 aliphatic carbocycles. The van der Waals surface area contributed by atoms with Crippen molar-refractivity contribution in [1.29, 1.82) is 0 Å². The highest BCUT2D eigenvalue weighted by Crippen LogP contribution is 2.56. The fraction of sp³-hybridized carbons (Fsp3) is 0.300. The van der Waals surface area contributed by atoms with E-state index in [9.17, 15) is 27.6 Å². The molecule has 3 aromatic carbocycles. The zero-order valence-electron chi connectivity index (χ0n) is 22.1. The van der Waals surface area contributed by atoms with Gasteiger partial charge < -0.3 is 4.90 Å². The number of para-hydroxylation sites is 1. The van der Waals surface area contributed by atoms with Crippen LogP contribution >= 0.6 is 35.0 Å². The number of nitrogens with zero attached hydrogens (tertiary/aromatic N) is 2. The van der Waals surface area contributed by atoms with E-state index in [0.717, 1.165) is 17.0 Å². The largest absolute Gasteiger partial charge is 0.416 e. The topological polar surface area (TPSA) is 69.7 Å². The molecule has 6 nitrogen and oxygen atoms in total. The second kappa shape index (κ2) is 10.6. The van der Waals surface area contributed by atoms with Gasteiger partial charge in [0.2, 0.25) is 11.8 Å². The van der Waals surface area contributed by atoms with Crippen LogP contribution in [-0.4, -0.2) is 35.8 Å². The molecule has 0 radical (unpaired) electrons. The molecule has 1 spiro atoms. The Kier molecular flexibility index (Phi) is 7.32. The minimum atomic E-state index is -4.66. The standard InChI is InChI=1S/C30H24Cl2F3N3O3S/c1-42-12-11-22-24-25(27(40)38(26(24)39)18-6-4-5-17(14-18)30(33,34)35)29(36-22)19-7-2-3-8-23(19)37(28(29)41)15-16-9-10-20(31)21(32)13-16/h2-10,13-14,22,24-25,36H,11-12,15H2,1H3/t22-,24-,25+,29+/m1/s1. The first-order chi connectivity index (χ1) is 20.0. The van der Waals surface area contributed by atoms with E-state index >= 15 is 0 Å². The van der Waals surface area contributed by atoms with Crippen molar-refractivity contribution in [2.24, 2.45) is 11.8 Å². The Hall–Kier alpha value is -3.05. The van der Waals surface area contributed by atoms with E-state index in [1.54, 1.807) is 59.1 Å². The maximum absolute atomic E-state index is 14.6. The third-order valence-electron chi connectivity index (χ3n) is 8.26. The van der Waals surface area contributed by atoms with Gasteiger partial charge in [0.1, 0.15) is 5.54 Å². The number of rotatable bonds is 6. The molecular weight excluding hydrogens is 610 g/mol. The fourth-order valence-electron chi connectivity index (χ4n) is 6.49. The van der Waals surface area contributed by atoms with Crippen LogP contribution in [0.25, 0.3) is 0 Å². The minimum Gasteiger partial charge on any atom is -0.306 e. The highest BCUT2D eigenvalue weighted by atomic mass is 35.5. The van der Waals surface area contributed by atoms with Gasteiger partial charge in [-0.2, -0.15) is 24.9 Å². The lowest BCUT2D eigenvalue weighted by Crippen LogP contribution is -2.55. The number of carbonyl (C=O) groups is 3. The molecular formula is C30H24Cl2F3N3O3S. The second-order valence-electron chi connectivity index (χ2n) is 10.6. The first kappa shape index (κ1) is 29.0. The number of thioether (sulfide) groups is 1. The number of hydrogen-bond donors (Lipinski definition) is 1. The van der Waals surface area contributed by atoms with Crippen molar-refractivity contribution in [3.8, 4) is 0 Å². The monoisotopic (exact) mass is 633 g/mol. The molecule has 3 aliphatic rings. The van der Waals surface area contributed by atoms with E-state index in [-0.39, 0.29) is 12.2 Å². The van der Waals surface area contributed by atoms with Crippen LogP contribution in [0, 0.1) is 11.8 Å². The average molecular weight is 635 g/mol. The van der Waals surface area contributed by atoms with Gasteiger partial charge in [-0.1, -0.05) is 53.5 Å². The van der Waals surface area contributed by atoms with E-state index in [2.05, 4.69) is 5.32 Å². The summed E-state index contributed by atoms with van der Waals surface area (Å²) in [5.41, 5.74) is -0.896. The molecule has 0 bridgehead atoms. The molecule has 0 saturated carbocycles. The van der Waals surface area contributed by atoms with Gasteiger partial charge in [-0.15, -0.1) is 0 Å². The summed E-state index contributed by atoms with van der Waals surface area (Å²) in [5.74, 6) is -3.19. The number of imide groups is 1. The van der Waals surface area contributed by atoms with Crippen LogP contribution < -0.4 is 15.1 Å². The van der Waals surface area contributed by atoms with Crippen molar-refractivity contribution in [3.63, 3.8) is 0 Å². The first-order valence-corrected chi connectivity index (χ1v) is 15.3. The summed E-state index contributed by atoms with van der Waals surface area (Å²) >= 11 is 13.9. The summed E-state index contributed by atoms with van der Waals surface area (Å²) in [6.45, 7) is 0.127. The Labute approximate surface area is 254 Å². The number of amides is 3. The predicted molar refractivity (Wildman–Crippen MR) is 157 cm³/mol. The molecule has 1 N–H and O–H groups in total. The lowest BCUT2D eigenvalue weighted by Gasteiger charge is -2.31. The van der Waals surface area contributed by atoms with E-state index in [0.29, 0.717) is 39.0 Å². The highest BCUT2D eigenvalue weighted by Gasteiger charge is 2.71. The highest BCUT2D eigenvalue weighted by molar-refractivity contribution is 7.98. The van der Waals surface area contributed by atoms with Crippen molar-refractivity contribution in [2.45, 2.75) is 30.7 Å². The van der Waals surface area contributed by atoms with Gasteiger partial charge in [0.05, 0.1) is 39.7 Å². The van der Waals surface area contributed by atoms with Gasteiger partial charge >= 0.3 is 6.18 Å². The molecule has 0 aromatic heterocycles. The summed E-state index contributed by atoms with van der Waals surface area (Å²) in [6.07, 6.45) is -2.28. The predicted octanol–water partition coefficient (Wildman–Crippen LogP) is 6.29. The first-order valence-electron chi connectivity index (χ1n) is 13.2. The van der Waals surface area contributed by atoms with E-state index in [1.165, 1.54) is 12.1 Å². The average Bonchev–Trinajstić information content (AvgIpc) is 3.52. The Balaban J connectivity index is 1.46. The molecule has 218 valence electrons. The van der Waals surface area contributed by atoms with Crippen molar-refractivity contribution in [3.05, 3.63) is 93.5 Å². The van der Waals surface area contributed by atoms with Gasteiger partial charge in [-0.3, -0.25) is 19.7 Å². The molecule has 3 aromatic rings. The van der Waals surface area contributed by atoms with Gasteiger partial charge in [0, 0.05) is 17.3 Å². The lowest BCUT2D eigenvalue weighted by atomic mass is 9.76. The third-order valence-corrected chi connectivity index (χ3v) is 9.64. The zero-order valence-corrected chi connectivity index (χ0v) is 24.4. The number of alkyl halides is 3. The van der Waals surface area contributed by atoms with Crippen LogP contribution in [-0.2, 0) is 32.6 Å². The quantitative estimate of drug-likeness (QED) is 0.323. The lowest BCUT2D eigenvalue weighted by molar-refractivity contribution is -0.137. The Morgan fingerprint density at radius 3 is 2.43 bits per heavy atom. The van der Waals surface area contributed by atoms with Crippen molar-refractivity contribution in [2.75, 3.05) is 21.8 Å². The summed E-state index contributed by atoms with van der Waals surface area (Å²) in [7, 11) is 0. The maximum atomic E-state index is 14.6. The van der Waals surface area contributed by atoms with Crippen molar-refractivity contribution >= 4 is 64.1 Å². The Morgan fingerprint density at radius 2 is 1.71 bits per heavy atom. The maximum Gasteiger partial charge on any atom is 0.416 e. The number of hydrogen-bond acceptors (Lipinski definition) is 5. The third kappa shape index (κ3) is 4.42. The Morgan fingerprint density at radius 1 is 0.952 bits per heavy atom. The van der Waals surface area contributed by atoms with Gasteiger partial charge in [0.25, 0.3) is 5.91 Å². The molecule has 3 aliphatic heterocycles. The summed E-state index contributed by atoms with van der Waals surface area (Å²) in [6, 6.07) is 15.7. The van der Waals surface area contributed by atoms with Gasteiger partial charge in [0.15, 0.2) is 0 Å².